The van der Waals surface area contributed by atoms with Crippen molar-refractivity contribution in [1.29, 1.82) is 0 Å². The van der Waals surface area contributed by atoms with Crippen LogP contribution < -0.4 is 4.90 Å². The number of nitrogens with zero attached hydrogens (tertiary/aromatic N) is 4. The highest BCUT2D eigenvalue weighted by atomic mass is 32.1. The first-order valence-electron chi connectivity index (χ1n) is 8.86. The topological polar surface area (TPSA) is 31.8 Å². The second kappa shape index (κ2) is 6.67. The largest absolute Gasteiger partial charge is 0.380 e. The van der Waals surface area contributed by atoms with E-state index in [1.165, 1.54) is 37.5 Å². The molecule has 0 radical (unpaired) electrons. The lowest BCUT2D eigenvalue weighted by atomic mass is 9.91. The minimum atomic E-state index is 0.603. The van der Waals surface area contributed by atoms with E-state index < -0.39 is 0 Å². The zero-order chi connectivity index (χ0) is 15.8. The number of thiazole rings is 1. The van der Waals surface area contributed by atoms with Crippen molar-refractivity contribution in [2.45, 2.75) is 37.4 Å². The number of hydrogen-bond donors (Lipinski definition) is 0. The monoisotopic (exact) mass is 336 g/mol. The van der Waals surface area contributed by atoms with Crippen LogP contribution in [0.5, 0.6) is 0 Å². The van der Waals surface area contributed by atoms with Crippen molar-refractivity contribution in [2.24, 2.45) is 5.92 Å². The van der Waals surface area contributed by atoms with E-state index in [4.69, 9.17) is 4.74 Å². The first kappa shape index (κ1) is 15.8. The van der Waals surface area contributed by atoms with Crippen LogP contribution in [0.4, 0.5) is 5.13 Å². The average molecular weight is 337 g/mol. The van der Waals surface area contributed by atoms with Gasteiger partial charge < -0.3 is 14.5 Å². The summed E-state index contributed by atoms with van der Waals surface area (Å²) in [4.78, 5) is 12.3. The predicted molar refractivity (Wildman–Crippen MR) is 94.2 cm³/mol. The molecule has 5 nitrogen and oxygen atoms in total. The lowest BCUT2D eigenvalue weighted by Gasteiger charge is -2.40. The Bertz CT molecular complexity index is 503. The highest BCUT2D eigenvalue weighted by molar-refractivity contribution is 7.13. The third-order valence-electron chi connectivity index (χ3n) is 5.69. The number of rotatable bonds is 4. The van der Waals surface area contributed by atoms with E-state index in [9.17, 15) is 0 Å². The van der Waals surface area contributed by atoms with Gasteiger partial charge in [-0.15, -0.1) is 11.3 Å². The molecule has 6 heteroatoms. The third kappa shape index (κ3) is 3.14. The van der Waals surface area contributed by atoms with Crippen LogP contribution in [0.25, 0.3) is 0 Å². The quantitative estimate of drug-likeness (QED) is 0.836. The van der Waals surface area contributed by atoms with Gasteiger partial charge in [0.15, 0.2) is 5.13 Å². The van der Waals surface area contributed by atoms with E-state index in [0.29, 0.717) is 18.1 Å². The molecule has 4 heterocycles. The number of hydrogen-bond acceptors (Lipinski definition) is 6. The number of likely N-dealkylation sites (tertiary alicyclic amines) is 1. The van der Waals surface area contributed by atoms with Crippen molar-refractivity contribution in [3.05, 3.63) is 11.6 Å². The maximum Gasteiger partial charge on any atom is 0.185 e. The van der Waals surface area contributed by atoms with Crippen molar-refractivity contribution in [3.63, 3.8) is 0 Å². The molecule has 0 bridgehead atoms. The molecule has 3 fully saturated rings. The molecule has 1 aromatic heterocycles. The molecular formula is C17H28N4OS. The highest BCUT2D eigenvalue weighted by Crippen LogP contribution is 2.40. The normalized spacial score (nSPS) is 35.2. The van der Waals surface area contributed by atoms with Crippen molar-refractivity contribution in [1.82, 2.24) is 14.8 Å². The fourth-order valence-electron chi connectivity index (χ4n) is 4.75. The van der Waals surface area contributed by atoms with E-state index in [0.717, 1.165) is 25.7 Å². The van der Waals surface area contributed by atoms with Crippen molar-refractivity contribution >= 4 is 16.5 Å². The lowest BCUT2D eigenvalue weighted by Crippen LogP contribution is -2.50. The fraction of sp³-hybridized carbons (Fsp3) is 0.824. The molecule has 4 atom stereocenters. The summed E-state index contributed by atoms with van der Waals surface area (Å²) < 4.78 is 5.61. The van der Waals surface area contributed by atoms with E-state index in [-0.39, 0.29) is 0 Å². The van der Waals surface area contributed by atoms with Crippen LogP contribution in [0.15, 0.2) is 11.6 Å². The second-order valence-electron chi connectivity index (χ2n) is 7.50. The van der Waals surface area contributed by atoms with Gasteiger partial charge in [-0.05, 0) is 39.3 Å². The molecular weight excluding hydrogens is 308 g/mol. The van der Waals surface area contributed by atoms with E-state index in [1.807, 2.05) is 6.20 Å². The number of piperidine rings is 1. The van der Waals surface area contributed by atoms with Crippen LogP contribution in [-0.4, -0.2) is 79.9 Å². The lowest BCUT2D eigenvalue weighted by molar-refractivity contribution is 0.100. The molecule has 128 valence electrons. The summed E-state index contributed by atoms with van der Waals surface area (Å²) in [5.74, 6) is 0.776. The number of aromatic nitrogens is 1. The Morgan fingerprint density at radius 2 is 2.30 bits per heavy atom. The Morgan fingerprint density at radius 1 is 1.39 bits per heavy atom. The third-order valence-corrected chi connectivity index (χ3v) is 6.47. The van der Waals surface area contributed by atoms with Gasteiger partial charge in [0.05, 0.1) is 6.61 Å². The Hall–Kier alpha value is -0.690. The Labute approximate surface area is 143 Å². The number of anilines is 1. The van der Waals surface area contributed by atoms with Crippen LogP contribution in [0, 0.1) is 5.92 Å². The van der Waals surface area contributed by atoms with Gasteiger partial charge in [0.25, 0.3) is 0 Å². The summed E-state index contributed by atoms with van der Waals surface area (Å²) >= 11 is 1.80. The maximum absolute atomic E-state index is 5.61. The van der Waals surface area contributed by atoms with Gasteiger partial charge in [-0.25, -0.2) is 4.98 Å². The molecule has 0 N–H and O–H groups in total. The zero-order valence-electron chi connectivity index (χ0n) is 14.2. The first-order valence-corrected chi connectivity index (χ1v) is 9.74. The van der Waals surface area contributed by atoms with Crippen LogP contribution in [-0.2, 0) is 4.74 Å². The fourth-order valence-corrected chi connectivity index (χ4v) is 5.52. The number of likely N-dealkylation sites (N-methyl/N-ethyl adjacent to an activating group) is 1. The molecule has 0 aromatic carbocycles. The second-order valence-corrected chi connectivity index (χ2v) is 8.38. The van der Waals surface area contributed by atoms with Gasteiger partial charge >= 0.3 is 0 Å². The SMILES string of the molecule is CN(C)C[C@@H]1C[C@@H]2CN([C@@H]3CCOC3)CC[C@@H]2N1c1nccs1. The molecule has 0 aliphatic carbocycles. The molecule has 0 unspecified atom stereocenters. The predicted octanol–water partition coefficient (Wildman–Crippen LogP) is 1.76. The summed E-state index contributed by atoms with van der Waals surface area (Å²) in [5, 5.41) is 3.34. The Kier molecular flexibility index (Phi) is 4.58. The van der Waals surface area contributed by atoms with Gasteiger partial charge in [0.2, 0.25) is 0 Å². The summed E-state index contributed by atoms with van der Waals surface area (Å²) in [6, 6.07) is 1.94. The number of fused-ring (bicyclic) bond motifs is 1. The van der Waals surface area contributed by atoms with Gasteiger partial charge in [-0.2, -0.15) is 0 Å². The molecule has 0 amide bonds. The van der Waals surface area contributed by atoms with E-state index >= 15 is 0 Å². The molecule has 0 saturated carbocycles. The molecule has 23 heavy (non-hydrogen) atoms. The van der Waals surface area contributed by atoms with Crippen LogP contribution in [0.2, 0.25) is 0 Å². The van der Waals surface area contributed by atoms with Gasteiger partial charge in [0.1, 0.15) is 0 Å². The van der Waals surface area contributed by atoms with Crippen molar-refractivity contribution in [2.75, 3.05) is 51.8 Å². The summed E-state index contributed by atoms with van der Waals surface area (Å²) in [7, 11) is 4.37. The van der Waals surface area contributed by atoms with Crippen LogP contribution in [0.3, 0.4) is 0 Å². The first-order chi connectivity index (χ1) is 11.2. The Morgan fingerprint density at radius 3 is 3.00 bits per heavy atom. The molecule has 0 spiro atoms. The molecule has 4 rings (SSSR count). The van der Waals surface area contributed by atoms with Crippen LogP contribution in [0.1, 0.15) is 19.3 Å². The van der Waals surface area contributed by atoms with Gasteiger partial charge in [0, 0.05) is 55.9 Å². The van der Waals surface area contributed by atoms with E-state index in [2.05, 4.69) is 39.2 Å². The zero-order valence-corrected chi connectivity index (χ0v) is 15.0. The average Bonchev–Trinajstić information content (AvgIpc) is 3.26. The summed E-state index contributed by atoms with van der Waals surface area (Å²) in [6.07, 6.45) is 5.73. The van der Waals surface area contributed by atoms with Gasteiger partial charge in [-0.3, -0.25) is 4.90 Å². The molecule has 3 aliphatic rings. The Balaban J connectivity index is 1.50. The smallest absolute Gasteiger partial charge is 0.185 e. The van der Waals surface area contributed by atoms with Crippen molar-refractivity contribution < 1.29 is 4.74 Å². The molecule has 3 aliphatic heterocycles. The van der Waals surface area contributed by atoms with Crippen LogP contribution >= 0.6 is 11.3 Å². The van der Waals surface area contributed by atoms with Gasteiger partial charge in [-0.1, -0.05) is 0 Å². The standard InChI is InChI=1S/C17H28N4OS/c1-19(2)11-15-9-13-10-20(14-4-7-22-12-14)6-3-16(13)21(15)17-18-5-8-23-17/h5,8,13-16H,3-4,6-7,9-12H2,1-2H3/t13-,14-,15+,16+/m1/s1. The highest BCUT2D eigenvalue weighted by Gasteiger charge is 2.45. The molecule has 1 aromatic rings. The minimum absolute atomic E-state index is 0.603. The number of ether oxygens (including phenoxy) is 1. The minimum Gasteiger partial charge on any atom is -0.380 e. The van der Waals surface area contributed by atoms with E-state index in [1.54, 1.807) is 11.3 Å². The van der Waals surface area contributed by atoms with Crippen molar-refractivity contribution in [3.8, 4) is 0 Å². The molecule has 3 saturated heterocycles. The maximum atomic E-state index is 5.61. The summed E-state index contributed by atoms with van der Waals surface area (Å²) in [5.41, 5.74) is 0. The summed E-state index contributed by atoms with van der Waals surface area (Å²) in [6.45, 7) is 5.47.